The Morgan fingerprint density at radius 2 is 0.950 bits per heavy atom. The summed E-state index contributed by atoms with van der Waals surface area (Å²) in [5.74, 6) is 0.641. The molecule has 9 aromatic rings. The van der Waals surface area contributed by atoms with E-state index in [-0.39, 0.29) is 40.2 Å². The number of alkyl halides is 6. The predicted molar refractivity (Wildman–Crippen MR) is 226 cm³/mol. The summed E-state index contributed by atoms with van der Waals surface area (Å²) < 4.78 is 88.8. The van der Waals surface area contributed by atoms with Gasteiger partial charge < -0.3 is 4.57 Å². The maximum absolute atomic E-state index is 14.5. The zero-order valence-corrected chi connectivity index (χ0v) is 32.5. The number of aromatic nitrogens is 4. The SMILES string of the molecule is Cc1cc(C)c(-c2ccc3c4ccccc4n(-c4ccc(-c5nc(-c6ccccc6)nc(-c6ccccc6)n5)c(-c5cc(C(F)(F)F)cc(C(F)(F)F)c5)c4)c3c2)c(C)c1. The molecule has 0 N–H and O–H groups in total. The molecule has 0 saturated carbocycles. The number of hydrogen-bond acceptors (Lipinski definition) is 3. The van der Waals surface area contributed by atoms with Gasteiger partial charge in [0.2, 0.25) is 0 Å². The molecular formula is C50H34F6N4. The van der Waals surface area contributed by atoms with Gasteiger partial charge in [0.05, 0.1) is 22.2 Å². The van der Waals surface area contributed by atoms with Crippen molar-refractivity contribution in [3.05, 3.63) is 179 Å². The van der Waals surface area contributed by atoms with Crippen molar-refractivity contribution < 1.29 is 26.3 Å². The summed E-state index contributed by atoms with van der Waals surface area (Å²) in [4.78, 5) is 14.4. The highest BCUT2D eigenvalue weighted by atomic mass is 19.4. The van der Waals surface area contributed by atoms with Crippen molar-refractivity contribution in [2.75, 3.05) is 0 Å². The lowest BCUT2D eigenvalue weighted by molar-refractivity contribution is -0.143. The van der Waals surface area contributed by atoms with Gasteiger partial charge in [-0.15, -0.1) is 0 Å². The fourth-order valence-electron chi connectivity index (χ4n) is 8.18. The minimum absolute atomic E-state index is 0.0700. The van der Waals surface area contributed by atoms with Crippen LogP contribution in [0.25, 0.3) is 83.9 Å². The number of fused-ring (bicyclic) bond motifs is 3. The van der Waals surface area contributed by atoms with E-state index in [1.807, 2.05) is 89.5 Å². The smallest absolute Gasteiger partial charge is 0.309 e. The minimum atomic E-state index is -5.07. The molecule has 2 aromatic heterocycles. The van der Waals surface area contributed by atoms with Crippen molar-refractivity contribution in [1.82, 2.24) is 19.5 Å². The van der Waals surface area contributed by atoms with E-state index in [0.717, 1.165) is 61.8 Å². The quantitative estimate of drug-likeness (QED) is 0.157. The van der Waals surface area contributed by atoms with E-state index in [1.165, 1.54) is 0 Å². The molecule has 7 aromatic carbocycles. The second kappa shape index (κ2) is 14.6. The Labute approximate surface area is 341 Å². The molecule has 0 atom stereocenters. The van der Waals surface area contributed by atoms with Crippen molar-refractivity contribution in [2.24, 2.45) is 0 Å². The van der Waals surface area contributed by atoms with Gasteiger partial charge in [0.25, 0.3) is 0 Å². The van der Waals surface area contributed by atoms with Gasteiger partial charge in [-0.1, -0.05) is 109 Å². The molecule has 9 rings (SSSR count). The van der Waals surface area contributed by atoms with Gasteiger partial charge in [0.1, 0.15) is 0 Å². The maximum Gasteiger partial charge on any atom is 0.416 e. The zero-order valence-electron chi connectivity index (χ0n) is 32.5. The summed E-state index contributed by atoms with van der Waals surface area (Å²) in [6.45, 7) is 6.19. The second-order valence-electron chi connectivity index (χ2n) is 14.9. The van der Waals surface area contributed by atoms with E-state index in [0.29, 0.717) is 16.8 Å². The average Bonchev–Trinajstić information content (AvgIpc) is 3.56. The van der Waals surface area contributed by atoms with Crippen LogP contribution in [0.5, 0.6) is 0 Å². The standard InChI is InChI=1S/C50H34F6N4/c1-29-22-30(2)45(31(3)23-29)34-18-20-40-39-16-10-11-17-43(39)60(44(40)26-34)38-19-21-41(42(28-38)35-24-36(49(51,52)53)27-37(25-35)50(54,55)56)48-58-46(32-12-6-4-7-13-32)57-47(59-48)33-14-8-5-9-15-33/h4-28H,1-3H3. The fourth-order valence-corrected chi connectivity index (χ4v) is 8.18. The summed E-state index contributed by atoms with van der Waals surface area (Å²) >= 11 is 0. The van der Waals surface area contributed by atoms with Crippen LogP contribution in [0, 0.1) is 20.8 Å². The molecule has 60 heavy (non-hydrogen) atoms. The average molecular weight is 805 g/mol. The normalized spacial score (nSPS) is 12.1. The molecule has 0 aliphatic heterocycles. The number of aryl methyl sites for hydroxylation is 3. The lowest BCUT2D eigenvalue weighted by Gasteiger charge is -2.18. The lowest BCUT2D eigenvalue weighted by Crippen LogP contribution is -2.11. The Morgan fingerprint density at radius 3 is 1.53 bits per heavy atom. The molecular weight excluding hydrogens is 771 g/mol. The minimum Gasteiger partial charge on any atom is -0.309 e. The van der Waals surface area contributed by atoms with Crippen LogP contribution in [0.4, 0.5) is 26.3 Å². The molecule has 0 radical (unpaired) electrons. The topological polar surface area (TPSA) is 43.6 Å². The molecule has 0 aliphatic rings. The van der Waals surface area contributed by atoms with Gasteiger partial charge in [-0.25, -0.2) is 15.0 Å². The predicted octanol–water partition coefficient (Wildman–Crippen LogP) is 14.3. The molecule has 0 bridgehead atoms. The molecule has 0 aliphatic carbocycles. The van der Waals surface area contributed by atoms with Gasteiger partial charge in [-0.05, 0) is 103 Å². The van der Waals surface area contributed by atoms with Crippen LogP contribution < -0.4 is 0 Å². The van der Waals surface area contributed by atoms with Crippen molar-refractivity contribution in [2.45, 2.75) is 33.1 Å². The van der Waals surface area contributed by atoms with Crippen molar-refractivity contribution in [3.8, 4) is 62.1 Å². The third-order valence-electron chi connectivity index (χ3n) is 10.7. The van der Waals surface area contributed by atoms with Crippen LogP contribution in [0.1, 0.15) is 27.8 Å². The third-order valence-corrected chi connectivity index (χ3v) is 10.7. The van der Waals surface area contributed by atoms with Crippen LogP contribution >= 0.6 is 0 Å². The van der Waals surface area contributed by atoms with Gasteiger partial charge in [-0.3, -0.25) is 0 Å². The second-order valence-corrected chi connectivity index (χ2v) is 14.9. The van der Waals surface area contributed by atoms with E-state index in [1.54, 1.807) is 18.2 Å². The molecule has 296 valence electrons. The van der Waals surface area contributed by atoms with Crippen molar-refractivity contribution in [1.29, 1.82) is 0 Å². The molecule has 4 nitrogen and oxygen atoms in total. The molecule has 0 spiro atoms. The van der Waals surface area contributed by atoms with Gasteiger partial charge >= 0.3 is 12.4 Å². The number of para-hydroxylation sites is 1. The van der Waals surface area contributed by atoms with E-state index in [9.17, 15) is 26.3 Å². The zero-order chi connectivity index (χ0) is 41.9. The number of halogens is 6. The van der Waals surface area contributed by atoms with Crippen LogP contribution in [0.2, 0.25) is 0 Å². The maximum atomic E-state index is 14.5. The third kappa shape index (κ3) is 7.08. The van der Waals surface area contributed by atoms with Crippen LogP contribution in [-0.2, 0) is 12.4 Å². The lowest BCUT2D eigenvalue weighted by atomic mass is 9.93. The highest BCUT2D eigenvalue weighted by molar-refractivity contribution is 6.10. The molecule has 0 amide bonds. The molecule has 0 unspecified atom stereocenters. The van der Waals surface area contributed by atoms with Gasteiger partial charge in [0, 0.05) is 33.2 Å². The van der Waals surface area contributed by atoms with E-state index >= 15 is 0 Å². The first-order valence-electron chi connectivity index (χ1n) is 19.2. The summed E-state index contributed by atoms with van der Waals surface area (Å²) in [7, 11) is 0. The monoisotopic (exact) mass is 804 g/mol. The Kier molecular flexibility index (Phi) is 9.38. The van der Waals surface area contributed by atoms with Crippen LogP contribution in [0.15, 0.2) is 152 Å². The highest BCUT2D eigenvalue weighted by Crippen LogP contribution is 2.43. The van der Waals surface area contributed by atoms with Crippen molar-refractivity contribution in [3.63, 3.8) is 0 Å². The van der Waals surface area contributed by atoms with E-state index in [2.05, 4.69) is 51.1 Å². The van der Waals surface area contributed by atoms with Crippen LogP contribution in [-0.4, -0.2) is 19.5 Å². The van der Waals surface area contributed by atoms with E-state index < -0.39 is 23.5 Å². The Morgan fingerprint density at radius 1 is 0.417 bits per heavy atom. The highest BCUT2D eigenvalue weighted by Gasteiger charge is 2.37. The largest absolute Gasteiger partial charge is 0.416 e. The van der Waals surface area contributed by atoms with E-state index in [4.69, 9.17) is 15.0 Å². The Hall–Kier alpha value is -7.07. The van der Waals surface area contributed by atoms with Gasteiger partial charge in [-0.2, -0.15) is 26.3 Å². The van der Waals surface area contributed by atoms with Crippen molar-refractivity contribution >= 4 is 21.8 Å². The van der Waals surface area contributed by atoms with Crippen LogP contribution in [0.3, 0.4) is 0 Å². The first kappa shape index (κ1) is 38.4. The summed E-state index contributed by atoms with van der Waals surface area (Å²) in [6.07, 6.45) is -10.1. The first-order chi connectivity index (χ1) is 28.7. The Bertz CT molecular complexity index is 2980. The molecule has 0 fully saturated rings. The summed E-state index contributed by atoms with van der Waals surface area (Å²) in [5, 5.41) is 1.86. The molecule has 10 heteroatoms. The molecule has 2 heterocycles. The number of rotatable bonds is 6. The fraction of sp³-hybridized carbons (Fsp3) is 0.100. The number of nitrogens with zero attached hydrogens (tertiary/aromatic N) is 4. The number of hydrogen-bond donors (Lipinski definition) is 0. The summed E-state index contributed by atoms with van der Waals surface area (Å²) in [6, 6.07) is 43.2. The first-order valence-corrected chi connectivity index (χ1v) is 19.2. The van der Waals surface area contributed by atoms with Gasteiger partial charge in [0.15, 0.2) is 17.5 Å². The number of benzene rings is 7. The summed E-state index contributed by atoms with van der Waals surface area (Å²) in [5.41, 5.74) is 5.95. The Balaban J connectivity index is 1.36. The molecule has 0 saturated heterocycles.